The van der Waals surface area contributed by atoms with Crippen molar-refractivity contribution in [3.63, 3.8) is 0 Å². The molecule has 1 aromatic carbocycles. The lowest BCUT2D eigenvalue weighted by atomic mass is 10.3. The summed E-state index contributed by atoms with van der Waals surface area (Å²) in [6.45, 7) is -0.637. The molecule has 1 amide bonds. The van der Waals surface area contributed by atoms with Crippen LogP contribution in [-0.2, 0) is 9.53 Å². The van der Waals surface area contributed by atoms with E-state index in [1.54, 1.807) is 0 Å². The fourth-order valence-corrected chi connectivity index (χ4v) is 1.77. The fraction of sp³-hybridized carbons (Fsp3) is 0.0714. The molecule has 0 saturated carbocycles. The second-order valence-corrected chi connectivity index (χ2v) is 4.48. The molecule has 0 aliphatic heterocycles. The number of ether oxygens (including phenoxy) is 1. The molecule has 0 aliphatic carbocycles. The minimum Gasteiger partial charge on any atom is -0.452 e. The maximum atomic E-state index is 13.0. The van der Waals surface area contributed by atoms with Gasteiger partial charge in [-0.3, -0.25) is 4.79 Å². The van der Waals surface area contributed by atoms with Crippen LogP contribution in [0.15, 0.2) is 36.5 Å². The molecule has 1 aromatic heterocycles. The molecule has 0 unspecified atom stereocenters. The van der Waals surface area contributed by atoms with Gasteiger partial charge in [-0.15, -0.1) is 0 Å². The van der Waals surface area contributed by atoms with Crippen molar-refractivity contribution in [2.75, 3.05) is 11.9 Å². The molecule has 22 heavy (non-hydrogen) atoms. The van der Waals surface area contributed by atoms with Crippen molar-refractivity contribution in [3.8, 4) is 0 Å². The van der Waals surface area contributed by atoms with E-state index < -0.39 is 30.1 Å². The van der Waals surface area contributed by atoms with Crippen molar-refractivity contribution in [3.05, 3.63) is 58.9 Å². The summed E-state index contributed by atoms with van der Waals surface area (Å²) >= 11 is 5.70. The van der Waals surface area contributed by atoms with Crippen LogP contribution in [0.3, 0.4) is 0 Å². The molecule has 0 aliphatic rings. The molecule has 0 radical (unpaired) electrons. The first-order chi connectivity index (χ1) is 10.5. The largest absolute Gasteiger partial charge is 0.452 e. The SMILES string of the molecule is O=C(COC(=O)c1cccnc1Cl)Nc1cc(F)cc(F)c1. The predicted octanol–water partition coefficient (Wildman–Crippen LogP) is 2.81. The summed E-state index contributed by atoms with van der Waals surface area (Å²) in [5.41, 5.74) is -0.0771. The Labute approximate surface area is 128 Å². The lowest BCUT2D eigenvalue weighted by molar-refractivity contribution is -0.119. The summed E-state index contributed by atoms with van der Waals surface area (Å²) in [6.07, 6.45) is 1.39. The summed E-state index contributed by atoms with van der Waals surface area (Å²) in [4.78, 5) is 27.0. The highest BCUT2D eigenvalue weighted by Gasteiger charge is 2.14. The van der Waals surface area contributed by atoms with Gasteiger partial charge in [0.2, 0.25) is 0 Å². The van der Waals surface area contributed by atoms with Crippen LogP contribution in [0.25, 0.3) is 0 Å². The summed E-state index contributed by atoms with van der Waals surface area (Å²) in [6, 6.07) is 5.40. The molecule has 1 N–H and O–H groups in total. The number of anilines is 1. The molecular formula is C14H9ClF2N2O3. The average Bonchev–Trinajstić information content (AvgIpc) is 2.44. The number of pyridine rings is 1. The number of nitrogens with zero attached hydrogens (tertiary/aromatic N) is 1. The van der Waals surface area contributed by atoms with Gasteiger partial charge in [0, 0.05) is 18.0 Å². The number of carbonyl (C=O) groups is 2. The highest BCUT2D eigenvalue weighted by atomic mass is 35.5. The molecule has 5 nitrogen and oxygen atoms in total. The van der Waals surface area contributed by atoms with E-state index >= 15 is 0 Å². The van der Waals surface area contributed by atoms with Gasteiger partial charge in [-0.05, 0) is 24.3 Å². The summed E-state index contributed by atoms with van der Waals surface area (Å²) in [5.74, 6) is -3.26. The van der Waals surface area contributed by atoms with E-state index in [0.29, 0.717) is 6.07 Å². The lowest BCUT2D eigenvalue weighted by Gasteiger charge is -2.07. The molecule has 0 saturated heterocycles. The van der Waals surface area contributed by atoms with Gasteiger partial charge in [0.1, 0.15) is 16.8 Å². The Kier molecular flexibility index (Phi) is 5.00. The number of nitrogens with one attached hydrogen (secondary N) is 1. The van der Waals surface area contributed by atoms with E-state index in [1.807, 2.05) is 0 Å². The van der Waals surface area contributed by atoms with Crippen LogP contribution < -0.4 is 5.32 Å². The van der Waals surface area contributed by atoms with Gasteiger partial charge in [-0.1, -0.05) is 11.6 Å². The van der Waals surface area contributed by atoms with Crippen molar-refractivity contribution in [2.24, 2.45) is 0 Å². The van der Waals surface area contributed by atoms with Crippen LogP contribution >= 0.6 is 11.6 Å². The maximum Gasteiger partial charge on any atom is 0.341 e. The van der Waals surface area contributed by atoms with Crippen LogP contribution in [0.4, 0.5) is 14.5 Å². The molecule has 8 heteroatoms. The molecular weight excluding hydrogens is 318 g/mol. The van der Waals surface area contributed by atoms with Crippen LogP contribution in [-0.4, -0.2) is 23.5 Å². The van der Waals surface area contributed by atoms with Gasteiger partial charge in [-0.25, -0.2) is 18.6 Å². The van der Waals surface area contributed by atoms with E-state index in [0.717, 1.165) is 12.1 Å². The number of hydrogen-bond acceptors (Lipinski definition) is 4. The molecule has 0 atom stereocenters. The number of aromatic nitrogens is 1. The van der Waals surface area contributed by atoms with Crippen molar-refractivity contribution in [1.82, 2.24) is 4.98 Å². The number of esters is 1. The molecule has 114 valence electrons. The minimum atomic E-state index is -0.838. The predicted molar refractivity (Wildman–Crippen MR) is 74.5 cm³/mol. The van der Waals surface area contributed by atoms with Gasteiger partial charge in [0.15, 0.2) is 6.61 Å². The van der Waals surface area contributed by atoms with Crippen molar-refractivity contribution >= 4 is 29.2 Å². The van der Waals surface area contributed by atoms with E-state index in [-0.39, 0.29) is 16.4 Å². The summed E-state index contributed by atoms with van der Waals surface area (Å²) in [5, 5.41) is 2.14. The second kappa shape index (κ2) is 6.95. The first kappa shape index (κ1) is 15.8. The Hall–Kier alpha value is -2.54. The number of hydrogen-bond donors (Lipinski definition) is 1. The van der Waals surface area contributed by atoms with Gasteiger partial charge < -0.3 is 10.1 Å². The number of benzene rings is 1. The highest BCUT2D eigenvalue weighted by molar-refractivity contribution is 6.32. The van der Waals surface area contributed by atoms with Crippen LogP contribution in [0.5, 0.6) is 0 Å². The summed E-state index contributed by atoms with van der Waals surface area (Å²) < 4.78 is 30.7. The molecule has 2 rings (SSSR count). The molecule has 0 bridgehead atoms. The van der Waals surface area contributed by atoms with Gasteiger partial charge in [0.25, 0.3) is 5.91 Å². The third kappa shape index (κ3) is 4.23. The third-order valence-corrected chi connectivity index (χ3v) is 2.76. The summed E-state index contributed by atoms with van der Waals surface area (Å²) in [7, 11) is 0. The molecule has 0 spiro atoms. The third-order valence-electron chi connectivity index (χ3n) is 2.46. The zero-order valence-electron chi connectivity index (χ0n) is 11.0. The van der Waals surface area contributed by atoms with E-state index in [9.17, 15) is 18.4 Å². The zero-order valence-corrected chi connectivity index (χ0v) is 11.7. The molecule has 1 heterocycles. The molecule has 2 aromatic rings. The smallest absolute Gasteiger partial charge is 0.341 e. The van der Waals surface area contributed by atoms with E-state index in [1.165, 1.54) is 18.3 Å². The van der Waals surface area contributed by atoms with Crippen LogP contribution in [0.1, 0.15) is 10.4 Å². The van der Waals surface area contributed by atoms with Crippen molar-refractivity contribution < 1.29 is 23.1 Å². The quantitative estimate of drug-likeness (QED) is 0.693. The number of carbonyl (C=O) groups excluding carboxylic acids is 2. The zero-order chi connectivity index (χ0) is 16.1. The van der Waals surface area contributed by atoms with Gasteiger partial charge in [-0.2, -0.15) is 0 Å². The van der Waals surface area contributed by atoms with Crippen molar-refractivity contribution in [1.29, 1.82) is 0 Å². The minimum absolute atomic E-state index is 0.00812. The lowest BCUT2D eigenvalue weighted by Crippen LogP contribution is -2.21. The van der Waals surface area contributed by atoms with Crippen LogP contribution in [0.2, 0.25) is 5.15 Å². The highest BCUT2D eigenvalue weighted by Crippen LogP contribution is 2.14. The fourth-order valence-electron chi connectivity index (χ4n) is 1.57. The van der Waals surface area contributed by atoms with Gasteiger partial charge in [0.05, 0.1) is 5.56 Å². The Morgan fingerprint density at radius 2 is 1.91 bits per heavy atom. The molecule has 0 fully saturated rings. The van der Waals surface area contributed by atoms with Crippen LogP contribution in [0, 0.1) is 11.6 Å². The number of rotatable bonds is 4. The Bertz CT molecular complexity index is 705. The first-order valence-electron chi connectivity index (χ1n) is 5.99. The topological polar surface area (TPSA) is 68.3 Å². The normalized spacial score (nSPS) is 10.1. The van der Waals surface area contributed by atoms with Crippen molar-refractivity contribution in [2.45, 2.75) is 0 Å². The standard InChI is InChI=1S/C14H9ClF2N2O3/c15-13-11(2-1-3-18-13)14(21)22-7-12(20)19-10-5-8(16)4-9(17)6-10/h1-6H,7H2,(H,19,20). The average molecular weight is 327 g/mol. The van der Waals surface area contributed by atoms with E-state index in [2.05, 4.69) is 10.3 Å². The maximum absolute atomic E-state index is 13.0. The van der Waals surface area contributed by atoms with Gasteiger partial charge >= 0.3 is 5.97 Å². The Balaban J connectivity index is 1.93. The second-order valence-electron chi connectivity index (χ2n) is 4.12. The first-order valence-corrected chi connectivity index (χ1v) is 6.37. The van der Waals surface area contributed by atoms with E-state index in [4.69, 9.17) is 16.3 Å². The number of halogens is 3. The monoisotopic (exact) mass is 326 g/mol. The number of amides is 1. The Morgan fingerprint density at radius 3 is 2.55 bits per heavy atom. The Morgan fingerprint density at radius 1 is 1.23 bits per heavy atom.